The lowest BCUT2D eigenvalue weighted by Crippen LogP contribution is -2.49. The second kappa shape index (κ2) is 7.78. The van der Waals surface area contributed by atoms with Gasteiger partial charge in [0.1, 0.15) is 12.1 Å². The van der Waals surface area contributed by atoms with Gasteiger partial charge in [-0.15, -0.1) is 0 Å². The zero-order valence-electron chi connectivity index (χ0n) is 14.3. The highest BCUT2D eigenvalue weighted by molar-refractivity contribution is 6.10. The van der Waals surface area contributed by atoms with Gasteiger partial charge in [-0.25, -0.2) is 4.79 Å². The maximum atomic E-state index is 12.3. The molecule has 2 unspecified atom stereocenters. The molecule has 2 rings (SSSR count). The first kappa shape index (κ1) is 18.4. The standard InChI is InChI=1S/C17H21N3O5/c1-9(2)14(17(24)25-3)20-13(21)8-12-16(23)18-11-7-5-4-6-10(11)15(22)19-12/h4-7,9,12,14H,8H2,1-3H3,(H,18,23)(H,19,22)(H,20,21). The summed E-state index contributed by atoms with van der Waals surface area (Å²) in [5.41, 5.74) is 0.718. The number of ether oxygens (including phenoxy) is 1. The first-order chi connectivity index (χ1) is 11.8. The van der Waals surface area contributed by atoms with Crippen molar-refractivity contribution in [2.45, 2.75) is 32.4 Å². The highest BCUT2D eigenvalue weighted by Gasteiger charge is 2.31. The molecule has 1 aliphatic rings. The van der Waals surface area contributed by atoms with E-state index in [4.69, 9.17) is 0 Å². The summed E-state index contributed by atoms with van der Waals surface area (Å²) in [7, 11) is 1.24. The summed E-state index contributed by atoms with van der Waals surface area (Å²) in [5.74, 6) is -2.22. The minimum atomic E-state index is -1.04. The van der Waals surface area contributed by atoms with Crippen molar-refractivity contribution < 1.29 is 23.9 Å². The molecule has 1 aliphatic heterocycles. The van der Waals surface area contributed by atoms with Crippen molar-refractivity contribution in [2.24, 2.45) is 5.92 Å². The molecule has 1 aromatic carbocycles. The monoisotopic (exact) mass is 347 g/mol. The summed E-state index contributed by atoms with van der Waals surface area (Å²) >= 11 is 0. The third-order valence-electron chi connectivity index (χ3n) is 3.88. The third kappa shape index (κ3) is 4.34. The summed E-state index contributed by atoms with van der Waals surface area (Å²) in [4.78, 5) is 48.4. The van der Waals surface area contributed by atoms with Gasteiger partial charge in [0.05, 0.1) is 24.8 Å². The fourth-order valence-electron chi connectivity index (χ4n) is 2.50. The molecule has 3 amide bonds. The Labute approximate surface area is 145 Å². The Morgan fingerprint density at radius 3 is 2.56 bits per heavy atom. The molecule has 3 N–H and O–H groups in total. The first-order valence-corrected chi connectivity index (χ1v) is 7.91. The van der Waals surface area contributed by atoms with Crippen molar-refractivity contribution in [1.29, 1.82) is 0 Å². The van der Waals surface area contributed by atoms with Crippen molar-refractivity contribution in [2.75, 3.05) is 12.4 Å². The van der Waals surface area contributed by atoms with Crippen molar-refractivity contribution in [3.05, 3.63) is 29.8 Å². The topological polar surface area (TPSA) is 114 Å². The smallest absolute Gasteiger partial charge is 0.328 e. The summed E-state index contributed by atoms with van der Waals surface area (Å²) in [5, 5.41) is 7.70. The van der Waals surface area contributed by atoms with Crippen LogP contribution in [0, 0.1) is 5.92 Å². The van der Waals surface area contributed by atoms with E-state index in [0.717, 1.165) is 0 Å². The van der Waals surface area contributed by atoms with Crippen LogP contribution in [0.15, 0.2) is 24.3 Å². The van der Waals surface area contributed by atoms with Gasteiger partial charge >= 0.3 is 5.97 Å². The van der Waals surface area contributed by atoms with E-state index < -0.39 is 35.8 Å². The van der Waals surface area contributed by atoms with Crippen LogP contribution < -0.4 is 16.0 Å². The van der Waals surface area contributed by atoms with Crippen LogP contribution in [0.4, 0.5) is 5.69 Å². The maximum Gasteiger partial charge on any atom is 0.328 e. The van der Waals surface area contributed by atoms with Crippen LogP contribution in [0.1, 0.15) is 30.6 Å². The average molecular weight is 347 g/mol. The van der Waals surface area contributed by atoms with Crippen molar-refractivity contribution in [3.63, 3.8) is 0 Å². The summed E-state index contributed by atoms with van der Waals surface area (Å²) < 4.78 is 4.66. The molecule has 0 bridgehead atoms. The number of anilines is 1. The number of methoxy groups -OCH3 is 1. The van der Waals surface area contributed by atoms with E-state index in [1.54, 1.807) is 38.1 Å². The lowest BCUT2D eigenvalue weighted by molar-refractivity contribution is -0.146. The number of rotatable bonds is 5. The number of carbonyl (C=O) groups excluding carboxylic acids is 4. The minimum absolute atomic E-state index is 0.182. The van der Waals surface area contributed by atoms with E-state index in [-0.39, 0.29) is 12.3 Å². The van der Waals surface area contributed by atoms with Gasteiger partial charge in [0.2, 0.25) is 11.8 Å². The van der Waals surface area contributed by atoms with Crippen LogP contribution in [0.2, 0.25) is 0 Å². The molecule has 0 aromatic heterocycles. The Bertz CT molecular complexity index is 701. The van der Waals surface area contributed by atoms with E-state index >= 15 is 0 Å². The molecule has 134 valence electrons. The molecular formula is C17H21N3O5. The molecule has 0 saturated carbocycles. The highest BCUT2D eigenvalue weighted by Crippen LogP contribution is 2.18. The number of amides is 3. The summed E-state index contributed by atoms with van der Waals surface area (Å²) in [6, 6.07) is 4.72. The molecule has 1 aromatic rings. The van der Waals surface area contributed by atoms with E-state index in [2.05, 4.69) is 20.7 Å². The van der Waals surface area contributed by atoms with Crippen LogP contribution in [0.5, 0.6) is 0 Å². The predicted octanol–water partition coefficient (Wildman–Crippen LogP) is 0.441. The Morgan fingerprint density at radius 1 is 1.24 bits per heavy atom. The van der Waals surface area contributed by atoms with Crippen molar-refractivity contribution in [3.8, 4) is 0 Å². The normalized spacial score (nSPS) is 17.7. The van der Waals surface area contributed by atoms with Crippen LogP contribution in [-0.2, 0) is 19.1 Å². The van der Waals surface area contributed by atoms with E-state index in [9.17, 15) is 19.2 Å². The van der Waals surface area contributed by atoms with Crippen molar-refractivity contribution >= 4 is 29.4 Å². The Kier molecular flexibility index (Phi) is 5.74. The number of fused-ring (bicyclic) bond motifs is 1. The molecule has 25 heavy (non-hydrogen) atoms. The van der Waals surface area contributed by atoms with Gasteiger partial charge < -0.3 is 20.7 Å². The molecule has 0 saturated heterocycles. The van der Waals surface area contributed by atoms with Gasteiger partial charge in [0.25, 0.3) is 5.91 Å². The molecule has 8 nitrogen and oxygen atoms in total. The Balaban J connectivity index is 2.07. The number of hydrogen-bond donors (Lipinski definition) is 3. The molecular weight excluding hydrogens is 326 g/mol. The van der Waals surface area contributed by atoms with Crippen LogP contribution in [0.3, 0.4) is 0 Å². The number of nitrogens with one attached hydrogen (secondary N) is 3. The van der Waals surface area contributed by atoms with Crippen molar-refractivity contribution in [1.82, 2.24) is 10.6 Å². The molecule has 8 heteroatoms. The number of esters is 1. The molecule has 0 aliphatic carbocycles. The third-order valence-corrected chi connectivity index (χ3v) is 3.88. The van der Waals surface area contributed by atoms with Gasteiger partial charge in [-0.2, -0.15) is 0 Å². The average Bonchev–Trinajstić information content (AvgIpc) is 2.69. The first-order valence-electron chi connectivity index (χ1n) is 7.91. The fourth-order valence-corrected chi connectivity index (χ4v) is 2.50. The van der Waals surface area contributed by atoms with Crippen LogP contribution >= 0.6 is 0 Å². The van der Waals surface area contributed by atoms with E-state index in [1.807, 2.05) is 0 Å². The van der Waals surface area contributed by atoms with Gasteiger partial charge in [-0.3, -0.25) is 14.4 Å². The summed E-state index contributed by atoms with van der Waals surface area (Å²) in [6.07, 6.45) is -0.286. The lowest BCUT2D eigenvalue weighted by Gasteiger charge is -2.21. The van der Waals surface area contributed by atoms with Gasteiger partial charge in [0.15, 0.2) is 0 Å². The van der Waals surface area contributed by atoms with Crippen LogP contribution in [-0.4, -0.2) is 42.9 Å². The Morgan fingerprint density at radius 2 is 1.92 bits per heavy atom. The quantitative estimate of drug-likeness (QED) is 0.669. The van der Waals surface area contributed by atoms with E-state index in [1.165, 1.54) is 7.11 Å². The second-order valence-corrected chi connectivity index (χ2v) is 6.08. The molecule has 0 radical (unpaired) electrons. The minimum Gasteiger partial charge on any atom is -0.467 e. The lowest BCUT2D eigenvalue weighted by atomic mass is 10.0. The zero-order chi connectivity index (χ0) is 18.6. The van der Waals surface area contributed by atoms with Gasteiger partial charge in [-0.1, -0.05) is 26.0 Å². The molecule has 2 atom stereocenters. The highest BCUT2D eigenvalue weighted by atomic mass is 16.5. The Hall–Kier alpha value is -2.90. The molecule has 0 fully saturated rings. The van der Waals surface area contributed by atoms with Gasteiger partial charge in [-0.05, 0) is 18.1 Å². The zero-order valence-corrected chi connectivity index (χ0v) is 14.3. The number of hydrogen-bond acceptors (Lipinski definition) is 5. The SMILES string of the molecule is COC(=O)C(NC(=O)CC1NC(=O)c2ccccc2NC1=O)C(C)C. The predicted molar refractivity (Wildman–Crippen MR) is 89.7 cm³/mol. The number of para-hydroxylation sites is 1. The largest absolute Gasteiger partial charge is 0.467 e. The van der Waals surface area contributed by atoms with E-state index in [0.29, 0.717) is 11.3 Å². The van der Waals surface area contributed by atoms with Crippen LogP contribution in [0.25, 0.3) is 0 Å². The maximum absolute atomic E-state index is 12.3. The molecule has 0 spiro atoms. The number of carbonyl (C=O) groups is 4. The molecule has 1 heterocycles. The van der Waals surface area contributed by atoms with Gasteiger partial charge in [0, 0.05) is 0 Å². The fraction of sp³-hybridized carbons (Fsp3) is 0.412. The second-order valence-electron chi connectivity index (χ2n) is 6.08. The number of benzene rings is 1. The summed E-state index contributed by atoms with van der Waals surface area (Å²) in [6.45, 7) is 3.53.